The van der Waals surface area contributed by atoms with Gasteiger partial charge in [-0.1, -0.05) is 17.7 Å². The first-order valence-electron chi connectivity index (χ1n) is 7.44. The van der Waals surface area contributed by atoms with Crippen LogP contribution in [0.1, 0.15) is 11.1 Å². The highest BCUT2D eigenvalue weighted by molar-refractivity contribution is 5.36. The quantitative estimate of drug-likeness (QED) is 0.849. The second-order valence-corrected chi connectivity index (χ2v) is 5.64. The van der Waals surface area contributed by atoms with Crippen LogP contribution < -0.4 is 10.1 Å². The third-order valence-electron chi connectivity index (χ3n) is 3.88. The molecule has 0 atom stereocenters. The molecule has 1 fully saturated rings. The Morgan fingerprint density at radius 1 is 1.30 bits per heavy atom. The van der Waals surface area contributed by atoms with Gasteiger partial charge in [-0.15, -0.1) is 0 Å². The fourth-order valence-corrected chi connectivity index (χ4v) is 2.65. The van der Waals surface area contributed by atoms with Gasteiger partial charge in [-0.3, -0.25) is 4.90 Å². The summed E-state index contributed by atoms with van der Waals surface area (Å²) >= 11 is 0. The standard InChI is InChI=1S/C16H27N3O/c1-14-4-5-16(20-3)15(12-14)13-18(2)10-11-19-8-6-17-7-9-19/h4-5,12,17H,6-11,13H2,1-3H3. The van der Waals surface area contributed by atoms with E-state index in [2.05, 4.69) is 47.3 Å². The van der Waals surface area contributed by atoms with E-state index in [9.17, 15) is 0 Å². The van der Waals surface area contributed by atoms with Crippen molar-refractivity contribution in [3.05, 3.63) is 29.3 Å². The third-order valence-corrected chi connectivity index (χ3v) is 3.88. The van der Waals surface area contributed by atoms with Crippen LogP contribution in [0.15, 0.2) is 18.2 Å². The smallest absolute Gasteiger partial charge is 0.123 e. The second-order valence-electron chi connectivity index (χ2n) is 5.64. The van der Waals surface area contributed by atoms with Crippen molar-refractivity contribution in [3.8, 4) is 5.75 Å². The van der Waals surface area contributed by atoms with E-state index in [-0.39, 0.29) is 0 Å². The van der Waals surface area contributed by atoms with Crippen molar-refractivity contribution in [2.75, 3.05) is 53.4 Å². The molecule has 1 aliphatic heterocycles. The van der Waals surface area contributed by atoms with Gasteiger partial charge in [-0.05, 0) is 20.0 Å². The minimum absolute atomic E-state index is 0.941. The van der Waals surface area contributed by atoms with Crippen molar-refractivity contribution in [1.29, 1.82) is 0 Å². The summed E-state index contributed by atoms with van der Waals surface area (Å²) in [6.45, 7) is 9.89. The van der Waals surface area contributed by atoms with Gasteiger partial charge >= 0.3 is 0 Å². The molecule has 1 aromatic carbocycles. The maximum Gasteiger partial charge on any atom is 0.123 e. The molecule has 4 nitrogen and oxygen atoms in total. The molecule has 0 radical (unpaired) electrons. The fourth-order valence-electron chi connectivity index (χ4n) is 2.65. The van der Waals surface area contributed by atoms with Gasteiger partial charge in [0.25, 0.3) is 0 Å². The number of piperazine rings is 1. The summed E-state index contributed by atoms with van der Waals surface area (Å²) in [5.74, 6) is 0.990. The monoisotopic (exact) mass is 277 g/mol. The summed E-state index contributed by atoms with van der Waals surface area (Å²) in [6.07, 6.45) is 0. The summed E-state index contributed by atoms with van der Waals surface area (Å²) in [6, 6.07) is 6.39. The molecule has 0 aromatic heterocycles. The average molecular weight is 277 g/mol. The van der Waals surface area contributed by atoms with E-state index < -0.39 is 0 Å². The largest absolute Gasteiger partial charge is 0.496 e. The summed E-state index contributed by atoms with van der Waals surface area (Å²) in [5.41, 5.74) is 2.56. The summed E-state index contributed by atoms with van der Waals surface area (Å²) in [4.78, 5) is 4.90. The average Bonchev–Trinajstić information content (AvgIpc) is 2.46. The topological polar surface area (TPSA) is 27.7 Å². The molecule has 1 saturated heterocycles. The first-order chi connectivity index (χ1) is 9.69. The number of benzene rings is 1. The minimum atomic E-state index is 0.941. The number of ether oxygens (including phenoxy) is 1. The zero-order valence-corrected chi connectivity index (χ0v) is 13.0. The van der Waals surface area contributed by atoms with Crippen LogP contribution >= 0.6 is 0 Å². The van der Waals surface area contributed by atoms with Crippen molar-refractivity contribution in [1.82, 2.24) is 15.1 Å². The van der Waals surface area contributed by atoms with Crippen LogP contribution in [0.3, 0.4) is 0 Å². The molecule has 1 aliphatic rings. The molecule has 0 amide bonds. The van der Waals surface area contributed by atoms with Gasteiger partial charge in [0.15, 0.2) is 0 Å². The Labute approximate surface area is 122 Å². The number of likely N-dealkylation sites (N-methyl/N-ethyl adjacent to an activating group) is 1. The lowest BCUT2D eigenvalue weighted by molar-refractivity contribution is 0.201. The van der Waals surface area contributed by atoms with Gasteiger partial charge < -0.3 is 15.0 Å². The number of nitrogens with one attached hydrogen (secondary N) is 1. The van der Waals surface area contributed by atoms with E-state index >= 15 is 0 Å². The molecule has 1 aromatic rings. The Bertz CT molecular complexity index is 416. The van der Waals surface area contributed by atoms with Gasteiger partial charge in [-0.2, -0.15) is 0 Å². The van der Waals surface area contributed by atoms with Crippen LogP contribution in [0.2, 0.25) is 0 Å². The van der Waals surface area contributed by atoms with E-state index in [4.69, 9.17) is 4.74 Å². The number of aryl methyl sites for hydroxylation is 1. The SMILES string of the molecule is COc1ccc(C)cc1CN(C)CCN1CCNCC1. The molecule has 1 heterocycles. The maximum atomic E-state index is 5.45. The van der Waals surface area contributed by atoms with Crippen molar-refractivity contribution in [3.63, 3.8) is 0 Å². The zero-order chi connectivity index (χ0) is 14.4. The van der Waals surface area contributed by atoms with E-state index in [0.717, 1.165) is 38.5 Å². The first kappa shape index (κ1) is 15.3. The van der Waals surface area contributed by atoms with Crippen LogP contribution in [-0.2, 0) is 6.54 Å². The summed E-state index contributed by atoms with van der Waals surface area (Å²) in [7, 11) is 3.93. The van der Waals surface area contributed by atoms with Crippen LogP contribution in [-0.4, -0.2) is 63.2 Å². The normalized spacial score (nSPS) is 16.6. The van der Waals surface area contributed by atoms with Crippen molar-refractivity contribution in [2.24, 2.45) is 0 Å². The molecular formula is C16H27N3O. The van der Waals surface area contributed by atoms with Crippen LogP contribution in [0.4, 0.5) is 0 Å². The fraction of sp³-hybridized carbons (Fsp3) is 0.625. The Kier molecular flexibility index (Phi) is 5.83. The van der Waals surface area contributed by atoms with Gasteiger partial charge in [0, 0.05) is 51.4 Å². The van der Waals surface area contributed by atoms with Crippen LogP contribution in [0, 0.1) is 6.92 Å². The van der Waals surface area contributed by atoms with Gasteiger partial charge in [-0.25, -0.2) is 0 Å². The highest BCUT2D eigenvalue weighted by atomic mass is 16.5. The molecule has 0 bridgehead atoms. The Morgan fingerprint density at radius 2 is 2.05 bits per heavy atom. The van der Waals surface area contributed by atoms with Crippen LogP contribution in [0.5, 0.6) is 5.75 Å². The Morgan fingerprint density at radius 3 is 2.75 bits per heavy atom. The molecule has 0 spiro atoms. The van der Waals surface area contributed by atoms with E-state index in [1.165, 1.54) is 24.2 Å². The van der Waals surface area contributed by atoms with Gasteiger partial charge in [0.05, 0.1) is 7.11 Å². The number of rotatable bonds is 6. The lowest BCUT2D eigenvalue weighted by Crippen LogP contribution is -2.45. The van der Waals surface area contributed by atoms with E-state index in [1.807, 2.05) is 0 Å². The number of hydrogen-bond acceptors (Lipinski definition) is 4. The molecule has 2 rings (SSSR count). The number of methoxy groups -OCH3 is 1. The van der Waals surface area contributed by atoms with E-state index in [1.54, 1.807) is 7.11 Å². The van der Waals surface area contributed by atoms with Gasteiger partial charge in [0.1, 0.15) is 5.75 Å². The highest BCUT2D eigenvalue weighted by Gasteiger charge is 2.11. The number of nitrogens with zero attached hydrogens (tertiary/aromatic N) is 2. The first-order valence-corrected chi connectivity index (χ1v) is 7.44. The molecule has 20 heavy (non-hydrogen) atoms. The van der Waals surface area contributed by atoms with Crippen molar-refractivity contribution >= 4 is 0 Å². The van der Waals surface area contributed by atoms with Gasteiger partial charge in [0.2, 0.25) is 0 Å². The molecule has 4 heteroatoms. The van der Waals surface area contributed by atoms with Crippen molar-refractivity contribution in [2.45, 2.75) is 13.5 Å². The van der Waals surface area contributed by atoms with Crippen LogP contribution in [0.25, 0.3) is 0 Å². The molecule has 0 unspecified atom stereocenters. The molecule has 1 N–H and O–H groups in total. The summed E-state index contributed by atoms with van der Waals surface area (Å²) < 4.78 is 5.45. The predicted molar refractivity (Wildman–Crippen MR) is 83.4 cm³/mol. The predicted octanol–water partition coefficient (Wildman–Crippen LogP) is 1.34. The molecule has 0 aliphatic carbocycles. The summed E-state index contributed by atoms with van der Waals surface area (Å²) in [5, 5.41) is 3.39. The maximum absolute atomic E-state index is 5.45. The molecular weight excluding hydrogens is 250 g/mol. The molecule has 112 valence electrons. The Hall–Kier alpha value is -1.10. The lowest BCUT2D eigenvalue weighted by Gasteiger charge is -2.29. The minimum Gasteiger partial charge on any atom is -0.496 e. The highest BCUT2D eigenvalue weighted by Crippen LogP contribution is 2.20. The Balaban J connectivity index is 1.84. The van der Waals surface area contributed by atoms with Crippen molar-refractivity contribution < 1.29 is 4.74 Å². The molecule has 0 saturated carbocycles. The van der Waals surface area contributed by atoms with E-state index in [0.29, 0.717) is 0 Å². The lowest BCUT2D eigenvalue weighted by atomic mass is 10.1. The third kappa shape index (κ3) is 4.47. The zero-order valence-electron chi connectivity index (χ0n) is 13.0. The number of hydrogen-bond donors (Lipinski definition) is 1. The second kappa shape index (κ2) is 7.62.